The third-order valence-electron chi connectivity index (χ3n) is 3.85. The minimum Gasteiger partial charge on any atom is -0.395 e. The molecule has 4 nitrogen and oxygen atoms in total. The van der Waals surface area contributed by atoms with Crippen LogP contribution in [0.4, 0.5) is 8.78 Å². The number of piperazine rings is 1. The molecule has 1 aliphatic heterocycles. The highest BCUT2D eigenvalue weighted by molar-refractivity contribution is 5.20. The molecular formula is C15H21F2N2O2. The van der Waals surface area contributed by atoms with Crippen molar-refractivity contribution in [2.75, 3.05) is 45.9 Å². The van der Waals surface area contributed by atoms with Crippen LogP contribution in [-0.2, 0) is 5.11 Å². The fraction of sp³-hybridized carbons (Fsp3) is 0.600. The van der Waals surface area contributed by atoms with E-state index >= 15 is 0 Å². The van der Waals surface area contributed by atoms with E-state index in [1.165, 1.54) is 0 Å². The van der Waals surface area contributed by atoms with Gasteiger partial charge in [-0.15, -0.1) is 0 Å². The molecule has 1 saturated heterocycles. The molecule has 0 aliphatic carbocycles. The van der Waals surface area contributed by atoms with Crippen LogP contribution in [0.25, 0.3) is 0 Å². The summed E-state index contributed by atoms with van der Waals surface area (Å²) in [5, 5.41) is 20.9. The summed E-state index contributed by atoms with van der Waals surface area (Å²) in [7, 11) is 0. The Bertz CT molecular complexity index is 431. The van der Waals surface area contributed by atoms with Gasteiger partial charge in [-0.2, -0.15) is 0 Å². The summed E-state index contributed by atoms with van der Waals surface area (Å²) < 4.78 is 26.2. The monoisotopic (exact) mass is 299 g/mol. The molecule has 1 N–H and O–H groups in total. The smallest absolute Gasteiger partial charge is 0.126 e. The minimum atomic E-state index is -1.11. The first-order valence-electron chi connectivity index (χ1n) is 7.26. The van der Waals surface area contributed by atoms with Gasteiger partial charge < -0.3 is 10.0 Å². The van der Waals surface area contributed by atoms with Crippen molar-refractivity contribution >= 4 is 0 Å². The molecule has 6 heteroatoms. The molecule has 0 aromatic heterocycles. The Hall–Kier alpha value is -1.08. The second-order valence-electron chi connectivity index (χ2n) is 5.39. The quantitative estimate of drug-likeness (QED) is 0.864. The van der Waals surface area contributed by atoms with Crippen LogP contribution < -0.4 is 0 Å². The van der Waals surface area contributed by atoms with Gasteiger partial charge in [-0.25, -0.2) is 13.9 Å². The van der Waals surface area contributed by atoms with Gasteiger partial charge >= 0.3 is 0 Å². The lowest BCUT2D eigenvalue weighted by molar-refractivity contribution is 0.0558. The molecule has 0 amide bonds. The van der Waals surface area contributed by atoms with E-state index in [-0.39, 0.29) is 12.2 Å². The number of aliphatic hydroxyl groups is 1. The number of aliphatic hydroxyl groups excluding tert-OH is 1. The number of halogens is 2. The zero-order valence-electron chi connectivity index (χ0n) is 12.0. The average Bonchev–Trinajstić information content (AvgIpc) is 2.45. The van der Waals surface area contributed by atoms with Crippen molar-refractivity contribution in [1.29, 1.82) is 0 Å². The molecule has 1 atom stereocenters. The third-order valence-corrected chi connectivity index (χ3v) is 3.85. The number of nitrogens with zero attached hydrogens (tertiary/aromatic N) is 2. The maximum absolute atomic E-state index is 13.1. The van der Waals surface area contributed by atoms with Crippen LogP contribution in [0.1, 0.15) is 18.1 Å². The average molecular weight is 299 g/mol. The fourth-order valence-corrected chi connectivity index (χ4v) is 2.61. The van der Waals surface area contributed by atoms with Crippen LogP contribution >= 0.6 is 0 Å². The molecule has 2 rings (SSSR count). The van der Waals surface area contributed by atoms with Crippen molar-refractivity contribution in [3.63, 3.8) is 0 Å². The van der Waals surface area contributed by atoms with Gasteiger partial charge in [0, 0.05) is 45.3 Å². The van der Waals surface area contributed by atoms with Gasteiger partial charge in [0.05, 0.1) is 6.61 Å². The molecule has 1 radical (unpaired) electrons. The minimum absolute atomic E-state index is 0.160. The summed E-state index contributed by atoms with van der Waals surface area (Å²) in [5.41, 5.74) is 0.173. The van der Waals surface area contributed by atoms with Crippen LogP contribution in [-0.4, -0.2) is 60.8 Å². The Morgan fingerprint density at radius 3 is 2.05 bits per heavy atom. The molecule has 1 fully saturated rings. The van der Waals surface area contributed by atoms with Crippen molar-refractivity contribution in [3.05, 3.63) is 35.4 Å². The van der Waals surface area contributed by atoms with Crippen LogP contribution in [0.5, 0.6) is 0 Å². The highest BCUT2D eigenvalue weighted by Crippen LogP contribution is 2.20. The summed E-state index contributed by atoms with van der Waals surface area (Å²) in [6, 6.07) is 3.00. The summed E-state index contributed by atoms with van der Waals surface area (Å²) in [6.07, 6.45) is -0.770. The van der Waals surface area contributed by atoms with E-state index in [1.54, 1.807) is 0 Å². The van der Waals surface area contributed by atoms with E-state index in [0.29, 0.717) is 19.5 Å². The van der Waals surface area contributed by atoms with Crippen LogP contribution in [0, 0.1) is 11.6 Å². The second kappa shape index (κ2) is 7.79. The van der Waals surface area contributed by atoms with Crippen LogP contribution in [0.3, 0.4) is 0 Å². The van der Waals surface area contributed by atoms with E-state index in [0.717, 1.165) is 44.4 Å². The number of hydrogen-bond donors (Lipinski definition) is 1. The zero-order valence-corrected chi connectivity index (χ0v) is 12.0. The lowest BCUT2D eigenvalue weighted by Crippen LogP contribution is -2.47. The molecule has 0 spiro atoms. The van der Waals surface area contributed by atoms with Crippen molar-refractivity contribution in [1.82, 2.24) is 9.80 Å². The number of rotatable bonds is 6. The van der Waals surface area contributed by atoms with Gasteiger partial charge in [0.15, 0.2) is 0 Å². The first-order valence-corrected chi connectivity index (χ1v) is 7.26. The van der Waals surface area contributed by atoms with Gasteiger partial charge in [0.25, 0.3) is 0 Å². The number of hydrogen-bond acceptors (Lipinski definition) is 3. The lowest BCUT2D eigenvalue weighted by atomic mass is 10.1. The summed E-state index contributed by atoms with van der Waals surface area (Å²) in [6.45, 7) is 4.92. The van der Waals surface area contributed by atoms with E-state index in [2.05, 4.69) is 9.80 Å². The molecule has 1 aromatic carbocycles. The molecule has 1 heterocycles. The predicted molar refractivity (Wildman–Crippen MR) is 74.4 cm³/mol. The van der Waals surface area contributed by atoms with Gasteiger partial charge in [-0.05, 0) is 24.1 Å². The molecule has 21 heavy (non-hydrogen) atoms. The molecular weight excluding hydrogens is 278 g/mol. The maximum atomic E-state index is 13.1. The molecule has 117 valence electrons. The Morgan fingerprint density at radius 1 is 1.00 bits per heavy atom. The van der Waals surface area contributed by atoms with E-state index in [1.807, 2.05) is 0 Å². The topological polar surface area (TPSA) is 46.6 Å². The maximum Gasteiger partial charge on any atom is 0.126 e. The summed E-state index contributed by atoms with van der Waals surface area (Å²) in [4.78, 5) is 4.35. The van der Waals surface area contributed by atoms with Crippen LogP contribution in [0.2, 0.25) is 0 Å². The van der Waals surface area contributed by atoms with Gasteiger partial charge in [-0.1, -0.05) is 0 Å². The summed E-state index contributed by atoms with van der Waals surface area (Å²) >= 11 is 0. The molecule has 0 saturated carbocycles. The fourth-order valence-electron chi connectivity index (χ4n) is 2.61. The van der Waals surface area contributed by atoms with Crippen molar-refractivity contribution in [2.24, 2.45) is 0 Å². The first kappa shape index (κ1) is 16.3. The van der Waals surface area contributed by atoms with Gasteiger partial charge in [-0.3, -0.25) is 4.90 Å². The Balaban J connectivity index is 1.78. The van der Waals surface area contributed by atoms with Crippen LogP contribution in [0.15, 0.2) is 18.2 Å². The Labute approximate surface area is 123 Å². The Morgan fingerprint density at radius 2 is 1.52 bits per heavy atom. The lowest BCUT2D eigenvalue weighted by Gasteiger charge is -2.34. The van der Waals surface area contributed by atoms with E-state index in [9.17, 15) is 13.9 Å². The Kier molecular flexibility index (Phi) is 6.05. The zero-order chi connectivity index (χ0) is 15.2. The normalized spacial score (nSPS) is 18.9. The van der Waals surface area contributed by atoms with Crippen molar-refractivity contribution in [3.8, 4) is 0 Å². The predicted octanol–water partition coefficient (Wildman–Crippen LogP) is 1.44. The SMILES string of the molecule is [O]C(CCN1CCN(CCO)CC1)c1cc(F)cc(F)c1. The van der Waals surface area contributed by atoms with Crippen molar-refractivity contribution in [2.45, 2.75) is 12.5 Å². The van der Waals surface area contributed by atoms with Gasteiger partial charge in [0.2, 0.25) is 0 Å². The highest BCUT2D eigenvalue weighted by atomic mass is 19.1. The molecule has 1 aromatic rings. The second-order valence-corrected chi connectivity index (χ2v) is 5.39. The van der Waals surface area contributed by atoms with Crippen molar-refractivity contribution < 1.29 is 19.0 Å². The summed E-state index contributed by atoms with van der Waals surface area (Å²) in [5.74, 6) is -1.41. The largest absolute Gasteiger partial charge is 0.395 e. The van der Waals surface area contributed by atoms with E-state index < -0.39 is 17.7 Å². The van der Waals surface area contributed by atoms with Gasteiger partial charge in [0.1, 0.15) is 17.7 Å². The molecule has 0 bridgehead atoms. The number of β-amino-alcohol motifs (C(OH)–C–C–N with tert-alkyl or cyclic N) is 1. The standard InChI is InChI=1S/C15H21F2N2O2/c16-13-9-12(10-14(17)11-13)15(21)1-2-18-3-5-19(6-4-18)7-8-20/h9-11,15,20H,1-8H2. The molecule has 1 aliphatic rings. The number of benzene rings is 1. The van der Waals surface area contributed by atoms with E-state index in [4.69, 9.17) is 5.11 Å². The highest BCUT2D eigenvalue weighted by Gasteiger charge is 2.18. The first-order chi connectivity index (χ1) is 10.1. The molecule has 1 unspecified atom stereocenters. The third kappa shape index (κ3) is 5.00.